The number of nitrogens with zero attached hydrogens (tertiary/aromatic N) is 5. The minimum absolute atomic E-state index is 0.161. The molecule has 0 bridgehead atoms. The van der Waals surface area contributed by atoms with Crippen molar-refractivity contribution in [1.29, 1.82) is 0 Å². The topological polar surface area (TPSA) is 87.2 Å². The van der Waals surface area contributed by atoms with Crippen LogP contribution in [-0.4, -0.2) is 63.3 Å². The second-order valence-corrected chi connectivity index (χ2v) is 10.1. The summed E-state index contributed by atoms with van der Waals surface area (Å²) in [4.78, 5) is 25.7. The van der Waals surface area contributed by atoms with Gasteiger partial charge in [-0.15, -0.1) is 0 Å². The first-order valence-corrected chi connectivity index (χ1v) is 13.3. The number of halogens is 1. The molecule has 9 heteroatoms. The van der Waals surface area contributed by atoms with Crippen molar-refractivity contribution in [2.45, 2.75) is 19.9 Å². The lowest BCUT2D eigenvalue weighted by molar-refractivity contribution is 0.0727. The van der Waals surface area contributed by atoms with E-state index in [1.165, 1.54) is 24.0 Å². The van der Waals surface area contributed by atoms with Gasteiger partial charge in [0, 0.05) is 66.8 Å². The summed E-state index contributed by atoms with van der Waals surface area (Å²) in [5.41, 5.74) is 5.01. The normalized spacial score (nSPS) is 14.2. The van der Waals surface area contributed by atoms with Gasteiger partial charge in [-0.25, -0.2) is 14.2 Å². The number of piperazine rings is 1. The minimum Gasteiger partial charge on any atom is -0.420 e. The van der Waals surface area contributed by atoms with Crippen LogP contribution < -0.4 is 9.64 Å². The quantitative estimate of drug-likeness (QED) is 0.224. The highest BCUT2D eigenvalue weighted by Crippen LogP contribution is 2.31. The number of aromatic nitrogens is 4. The molecule has 1 aliphatic rings. The first-order chi connectivity index (χ1) is 19.5. The average molecular weight is 537 g/mol. The molecule has 1 aliphatic heterocycles. The summed E-state index contributed by atoms with van der Waals surface area (Å²) in [6, 6.07) is 20.4. The molecule has 0 saturated carbocycles. The Labute approximate surface area is 231 Å². The zero-order valence-electron chi connectivity index (χ0n) is 22.3. The molecule has 4 heterocycles. The van der Waals surface area contributed by atoms with Gasteiger partial charge in [0.1, 0.15) is 0 Å². The zero-order valence-corrected chi connectivity index (χ0v) is 22.3. The SMILES string of the molecule is CC(C)N1CCN(c2ccc(-c3[nH]nc4nc(-c5ccc(OC(=O)c6cccnc6)c(F)c5)ccc34)cc2)CC1. The maximum Gasteiger partial charge on any atom is 0.345 e. The third kappa shape index (κ3) is 5.15. The van der Waals surface area contributed by atoms with E-state index in [9.17, 15) is 9.18 Å². The van der Waals surface area contributed by atoms with E-state index in [1.807, 2.05) is 12.1 Å². The van der Waals surface area contributed by atoms with E-state index in [-0.39, 0.29) is 11.3 Å². The number of carbonyl (C=O) groups is 1. The molecular formula is C31H29FN6O2. The molecule has 5 aromatic rings. The van der Waals surface area contributed by atoms with Gasteiger partial charge in [0.2, 0.25) is 0 Å². The van der Waals surface area contributed by atoms with Gasteiger partial charge < -0.3 is 9.64 Å². The maximum atomic E-state index is 14.8. The van der Waals surface area contributed by atoms with Gasteiger partial charge in [0.15, 0.2) is 17.2 Å². The molecule has 1 N–H and O–H groups in total. The standard InChI is InChI=1S/C31H29FN6O2/c1-20(2)37-14-16-38(17-15-37)24-8-5-21(6-9-24)29-25-10-11-27(34-30(25)36-35-29)22-7-12-28(26(32)18-22)40-31(39)23-4-3-13-33-19-23/h3-13,18-20H,14-17H2,1-2H3,(H,34,35,36). The van der Waals surface area contributed by atoms with Crippen LogP contribution >= 0.6 is 0 Å². The molecule has 3 aromatic heterocycles. The highest BCUT2D eigenvalue weighted by atomic mass is 19.1. The number of H-pyrrole nitrogens is 1. The Morgan fingerprint density at radius 1 is 0.975 bits per heavy atom. The Kier molecular flexibility index (Phi) is 6.96. The summed E-state index contributed by atoms with van der Waals surface area (Å²) < 4.78 is 20.0. The number of anilines is 1. The molecule has 0 atom stereocenters. The number of rotatable bonds is 6. The van der Waals surface area contributed by atoms with Gasteiger partial charge in [-0.1, -0.05) is 12.1 Å². The molecule has 202 valence electrons. The van der Waals surface area contributed by atoms with E-state index in [1.54, 1.807) is 24.4 Å². The number of pyridine rings is 2. The van der Waals surface area contributed by atoms with E-state index in [4.69, 9.17) is 4.74 Å². The predicted octanol–water partition coefficient (Wildman–Crippen LogP) is 5.58. The molecule has 2 aromatic carbocycles. The van der Waals surface area contributed by atoms with Crippen molar-refractivity contribution >= 4 is 22.7 Å². The number of nitrogens with one attached hydrogen (secondary N) is 1. The highest BCUT2D eigenvalue weighted by molar-refractivity contribution is 5.92. The largest absolute Gasteiger partial charge is 0.420 e. The minimum atomic E-state index is -0.676. The molecule has 1 saturated heterocycles. The summed E-state index contributed by atoms with van der Waals surface area (Å²) in [5, 5.41) is 8.40. The molecule has 0 unspecified atom stereocenters. The predicted molar refractivity (Wildman–Crippen MR) is 153 cm³/mol. The average Bonchev–Trinajstić information content (AvgIpc) is 3.42. The van der Waals surface area contributed by atoms with Crippen LogP contribution in [-0.2, 0) is 0 Å². The molecule has 0 radical (unpaired) electrons. The van der Waals surface area contributed by atoms with E-state index in [0.717, 1.165) is 42.8 Å². The summed E-state index contributed by atoms with van der Waals surface area (Å²) in [6.45, 7) is 8.67. The number of fused-ring (bicyclic) bond motifs is 1. The van der Waals surface area contributed by atoms with Crippen LogP contribution in [0.3, 0.4) is 0 Å². The molecule has 40 heavy (non-hydrogen) atoms. The number of hydrogen-bond donors (Lipinski definition) is 1. The number of benzene rings is 2. The van der Waals surface area contributed by atoms with Gasteiger partial charge >= 0.3 is 5.97 Å². The monoisotopic (exact) mass is 536 g/mol. The lowest BCUT2D eigenvalue weighted by atomic mass is 10.1. The summed E-state index contributed by atoms with van der Waals surface area (Å²) in [5.74, 6) is -1.50. The van der Waals surface area contributed by atoms with Crippen LogP contribution in [0.1, 0.15) is 24.2 Å². The second-order valence-electron chi connectivity index (χ2n) is 10.1. The van der Waals surface area contributed by atoms with Crippen molar-refractivity contribution < 1.29 is 13.9 Å². The molecule has 6 rings (SSSR count). The first kappa shape index (κ1) is 25.6. The number of hydrogen-bond acceptors (Lipinski definition) is 7. The fraction of sp³-hybridized carbons (Fsp3) is 0.226. The van der Waals surface area contributed by atoms with Gasteiger partial charge in [-0.2, -0.15) is 5.10 Å². The van der Waals surface area contributed by atoms with Crippen LogP contribution in [0.4, 0.5) is 10.1 Å². The van der Waals surface area contributed by atoms with Crippen molar-refractivity contribution in [3.8, 4) is 28.3 Å². The molecule has 1 fully saturated rings. The van der Waals surface area contributed by atoms with Gasteiger partial charge in [-0.3, -0.25) is 15.0 Å². The van der Waals surface area contributed by atoms with Crippen LogP contribution in [0.15, 0.2) is 79.1 Å². The number of esters is 1. The van der Waals surface area contributed by atoms with Crippen LogP contribution in [0.5, 0.6) is 5.75 Å². The maximum absolute atomic E-state index is 14.8. The lowest BCUT2D eigenvalue weighted by Gasteiger charge is -2.38. The molecular weight excluding hydrogens is 507 g/mol. The first-order valence-electron chi connectivity index (χ1n) is 13.3. The van der Waals surface area contributed by atoms with E-state index in [0.29, 0.717) is 22.9 Å². The van der Waals surface area contributed by atoms with Gasteiger partial charge in [0.25, 0.3) is 0 Å². The fourth-order valence-electron chi connectivity index (χ4n) is 5.00. The Bertz CT molecular complexity index is 1640. The van der Waals surface area contributed by atoms with Gasteiger partial charge in [-0.05, 0) is 68.4 Å². The van der Waals surface area contributed by atoms with Crippen LogP contribution in [0.25, 0.3) is 33.5 Å². The summed E-state index contributed by atoms with van der Waals surface area (Å²) in [6.07, 6.45) is 2.92. The van der Waals surface area contributed by atoms with Crippen molar-refractivity contribution in [2.24, 2.45) is 0 Å². The van der Waals surface area contributed by atoms with Crippen molar-refractivity contribution in [1.82, 2.24) is 25.1 Å². The smallest absolute Gasteiger partial charge is 0.345 e. The van der Waals surface area contributed by atoms with Gasteiger partial charge in [0.05, 0.1) is 17.0 Å². The van der Waals surface area contributed by atoms with E-state index >= 15 is 0 Å². The third-order valence-corrected chi connectivity index (χ3v) is 7.31. The van der Waals surface area contributed by atoms with E-state index in [2.05, 4.69) is 68.1 Å². The van der Waals surface area contributed by atoms with Crippen molar-refractivity contribution in [2.75, 3.05) is 31.1 Å². The van der Waals surface area contributed by atoms with Crippen LogP contribution in [0, 0.1) is 5.82 Å². The Hall–Kier alpha value is -4.63. The number of ether oxygens (including phenoxy) is 1. The second kappa shape index (κ2) is 10.9. The molecule has 0 aliphatic carbocycles. The summed E-state index contributed by atoms with van der Waals surface area (Å²) in [7, 11) is 0. The third-order valence-electron chi connectivity index (χ3n) is 7.31. The highest BCUT2D eigenvalue weighted by Gasteiger charge is 2.19. The Morgan fingerprint density at radius 2 is 1.75 bits per heavy atom. The Balaban J connectivity index is 1.18. The van der Waals surface area contributed by atoms with Crippen molar-refractivity contribution in [3.63, 3.8) is 0 Å². The Morgan fingerprint density at radius 3 is 2.45 bits per heavy atom. The van der Waals surface area contributed by atoms with Crippen molar-refractivity contribution in [3.05, 3.63) is 90.5 Å². The number of aromatic amines is 1. The van der Waals surface area contributed by atoms with Crippen LogP contribution in [0.2, 0.25) is 0 Å². The fourth-order valence-corrected chi connectivity index (χ4v) is 5.00. The zero-order chi connectivity index (χ0) is 27.6. The lowest BCUT2D eigenvalue weighted by Crippen LogP contribution is -2.48. The molecule has 8 nitrogen and oxygen atoms in total. The molecule has 0 amide bonds. The van der Waals surface area contributed by atoms with E-state index < -0.39 is 11.8 Å². The molecule has 0 spiro atoms. The number of carbonyl (C=O) groups excluding carboxylic acids is 1. The summed E-state index contributed by atoms with van der Waals surface area (Å²) >= 11 is 0.